The van der Waals surface area contributed by atoms with Crippen LogP contribution in [-0.4, -0.2) is 25.2 Å². The number of rotatable bonds is 2. The average Bonchev–Trinajstić information content (AvgIpc) is 2.80. The zero-order chi connectivity index (χ0) is 8.39. The quantitative estimate of drug-likeness (QED) is 0.598. The molecule has 1 N–H and O–H groups in total. The average molecular weight is 164 g/mol. The van der Waals surface area contributed by atoms with Crippen molar-refractivity contribution in [3.8, 4) is 12.3 Å². The van der Waals surface area contributed by atoms with E-state index in [-0.39, 0.29) is 6.04 Å². The van der Waals surface area contributed by atoms with Crippen molar-refractivity contribution >= 4 is 6.02 Å². The van der Waals surface area contributed by atoms with E-state index < -0.39 is 0 Å². The molecule has 1 saturated carbocycles. The predicted molar refractivity (Wildman–Crippen MR) is 46.7 cm³/mol. The highest BCUT2D eigenvalue weighted by Gasteiger charge is 2.31. The Morgan fingerprint density at radius 3 is 3.00 bits per heavy atom. The second kappa shape index (κ2) is 3.06. The summed E-state index contributed by atoms with van der Waals surface area (Å²) < 4.78 is 5.21. The molecule has 1 aliphatic carbocycles. The molecule has 3 nitrogen and oxygen atoms in total. The van der Waals surface area contributed by atoms with Crippen LogP contribution in [0.15, 0.2) is 4.99 Å². The lowest BCUT2D eigenvalue weighted by Gasteiger charge is -2.11. The van der Waals surface area contributed by atoms with Gasteiger partial charge in [-0.1, -0.05) is 5.92 Å². The van der Waals surface area contributed by atoms with Gasteiger partial charge in [-0.25, -0.2) is 4.99 Å². The molecule has 0 spiro atoms. The molecule has 1 aliphatic heterocycles. The van der Waals surface area contributed by atoms with Gasteiger partial charge in [0.25, 0.3) is 6.02 Å². The summed E-state index contributed by atoms with van der Waals surface area (Å²) in [5, 5.41) is 3.12. The molecule has 0 aromatic heterocycles. The van der Waals surface area contributed by atoms with Gasteiger partial charge in [-0.15, -0.1) is 6.42 Å². The number of terminal acetylenes is 1. The minimum absolute atomic E-state index is 0.127. The van der Waals surface area contributed by atoms with E-state index in [0.29, 0.717) is 18.5 Å². The van der Waals surface area contributed by atoms with Gasteiger partial charge in [-0.2, -0.15) is 0 Å². The number of hydrogen-bond donors (Lipinski definition) is 1. The fraction of sp³-hybridized carbons (Fsp3) is 0.667. The topological polar surface area (TPSA) is 33.6 Å². The van der Waals surface area contributed by atoms with Crippen molar-refractivity contribution in [2.75, 3.05) is 13.2 Å². The molecule has 0 aromatic rings. The van der Waals surface area contributed by atoms with E-state index >= 15 is 0 Å². The van der Waals surface area contributed by atoms with Gasteiger partial charge in [-0.05, 0) is 18.8 Å². The largest absolute Gasteiger partial charge is 0.463 e. The van der Waals surface area contributed by atoms with Crippen LogP contribution in [0.25, 0.3) is 0 Å². The van der Waals surface area contributed by atoms with Gasteiger partial charge < -0.3 is 10.1 Å². The molecule has 12 heavy (non-hydrogen) atoms. The Labute approximate surface area is 72.2 Å². The number of nitrogens with one attached hydrogen (secondary N) is 1. The van der Waals surface area contributed by atoms with E-state index in [1.165, 1.54) is 12.8 Å². The van der Waals surface area contributed by atoms with Crippen molar-refractivity contribution < 1.29 is 4.74 Å². The van der Waals surface area contributed by atoms with Gasteiger partial charge in [0.05, 0.1) is 12.6 Å². The number of aliphatic imine (C=N–C) groups is 1. The molecule has 0 radical (unpaired) electrons. The van der Waals surface area contributed by atoms with E-state index in [4.69, 9.17) is 11.2 Å². The molecule has 0 saturated heterocycles. The van der Waals surface area contributed by atoms with Gasteiger partial charge in [0.15, 0.2) is 0 Å². The zero-order valence-corrected chi connectivity index (χ0v) is 6.92. The lowest BCUT2D eigenvalue weighted by Crippen LogP contribution is -2.35. The molecule has 2 rings (SSSR count). The smallest absolute Gasteiger partial charge is 0.285 e. The van der Waals surface area contributed by atoms with Crippen LogP contribution in [0.4, 0.5) is 0 Å². The van der Waals surface area contributed by atoms with E-state index in [1.54, 1.807) is 0 Å². The Morgan fingerprint density at radius 2 is 2.50 bits per heavy atom. The van der Waals surface area contributed by atoms with Crippen molar-refractivity contribution in [2.24, 2.45) is 10.9 Å². The number of ether oxygens (including phenoxy) is 1. The third kappa shape index (κ3) is 1.53. The van der Waals surface area contributed by atoms with Crippen molar-refractivity contribution in [1.29, 1.82) is 0 Å². The Hall–Kier alpha value is -1.17. The zero-order valence-electron chi connectivity index (χ0n) is 6.92. The summed E-state index contributed by atoms with van der Waals surface area (Å²) in [6, 6.07) is 0.756. The van der Waals surface area contributed by atoms with Gasteiger partial charge in [-0.3, -0.25) is 0 Å². The fourth-order valence-electron chi connectivity index (χ4n) is 1.28. The van der Waals surface area contributed by atoms with E-state index in [2.05, 4.69) is 16.2 Å². The van der Waals surface area contributed by atoms with Crippen LogP contribution in [0, 0.1) is 18.3 Å². The van der Waals surface area contributed by atoms with Crippen LogP contribution < -0.4 is 5.32 Å². The van der Waals surface area contributed by atoms with E-state index in [0.717, 1.165) is 6.54 Å². The first-order valence-electron chi connectivity index (χ1n) is 4.30. The Bertz CT molecular complexity index is 237. The first kappa shape index (κ1) is 7.48. The minimum Gasteiger partial charge on any atom is -0.463 e. The Balaban J connectivity index is 1.87. The second-order valence-electron chi connectivity index (χ2n) is 3.16. The summed E-state index contributed by atoms with van der Waals surface area (Å²) in [6.07, 6.45) is 7.83. The van der Waals surface area contributed by atoms with Crippen molar-refractivity contribution in [1.82, 2.24) is 5.32 Å². The number of amidine groups is 1. The van der Waals surface area contributed by atoms with Crippen molar-refractivity contribution in [3.05, 3.63) is 0 Å². The molecule has 64 valence electrons. The molecule has 0 unspecified atom stereocenters. The monoisotopic (exact) mass is 164 g/mol. The van der Waals surface area contributed by atoms with Crippen LogP contribution in [0.2, 0.25) is 0 Å². The molecular weight excluding hydrogens is 152 g/mol. The SMILES string of the molecule is C#C[C@@H](NC1=NCCO1)C1CC1. The van der Waals surface area contributed by atoms with Crippen LogP contribution in [-0.2, 0) is 4.74 Å². The summed E-state index contributed by atoms with van der Waals surface area (Å²) in [4.78, 5) is 4.12. The minimum atomic E-state index is 0.127. The third-order valence-corrected chi connectivity index (χ3v) is 2.14. The lowest BCUT2D eigenvalue weighted by atomic mass is 10.2. The highest BCUT2D eigenvalue weighted by atomic mass is 16.5. The molecule has 2 aliphatic rings. The second-order valence-corrected chi connectivity index (χ2v) is 3.16. The molecular formula is C9H12N2O. The maximum atomic E-state index is 5.37. The first-order valence-corrected chi connectivity index (χ1v) is 4.30. The maximum absolute atomic E-state index is 5.37. The molecule has 0 aromatic carbocycles. The summed E-state index contributed by atoms with van der Waals surface area (Å²) in [6.45, 7) is 1.44. The number of nitrogens with zero attached hydrogens (tertiary/aromatic N) is 1. The van der Waals surface area contributed by atoms with Gasteiger partial charge in [0.2, 0.25) is 0 Å². The maximum Gasteiger partial charge on any atom is 0.285 e. The summed E-state index contributed by atoms with van der Waals surface area (Å²) >= 11 is 0. The van der Waals surface area contributed by atoms with Gasteiger partial charge >= 0.3 is 0 Å². The standard InChI is InChI=1S/C9H12N2O/c1-2-8(7-3-4-7)11-9-10-5-6-12-9/h1,7-8H,3-6H2,(H,10,11)/t8-/m1/s1. The molecule has 0 bridgehead atoms. The highest BCUT2D eigenvalue weighted by molar-refractivity contribution is 5.75. The molecule has 1 fully saturated rings. The van der Waals surface area contributed by atoms with Crippen LogP contribution in [0.1, 0.15) is 12.8 Å². The summed E-state index contributed by atoms with van der Waals surface area (Å²) in [5.74, 6) is 3.36. The van der Waals surface area contributed by atoms with Crippen LogP contribution in [0.3, 0.4) is 0 Å². The predicted octanol–water partition coefficient (Wildman–Crippen LogP) is 0.374. The lowest BCUT2D eigenvalue weighted by molar-refractivity contribution is 0.327. The fourth-order valence-corrected chi connectivity index (χ4v) is 1.28. The van der Waals surface area contributed by atoms with Crippen molar-refractivity contribution in [3.63, 3.8) is 0 Å². The molecule has 1 atom stereocenters. The van der Waals surface area contributed by atoms with Crippen LogP contribution >= 0.6 is 0 Å². The van der Waals surface area contributed by atoms with Crippen molar-refractivity contribution in [2.45, 2.75) is 18.9 Å². The van der Waals surface area contributed by atoms with Crippen LogP contribution in [0.5, 0.6) is 0 Å². The Kier molecular flexibility index (Phi) is 1.91. The van der Waals surface area contributed by atoms with E-state index in [1.807, 2.05) is 0 Å². The molecule has 3 heteroatoms. The van der Waals surface area contributed by atoms with Gasteiger partial charge in [0.1, 0.15) is 6.61 Å². The highest BCUT2D eigenvalue weighted by Crippen LogP contribution is 2.32. The molecule has 0 amide bonds. The Morgan fingerprint density at radius 1 is 1.67 bits per heavy atom. The molecule has 1 heterocycles. The van der Waals surface area contributed by atoms with E-state index in [9.17, 15) is 0 Å². The first-order chi connectivity index (χ1) is 5.90. The van der Waals surface area contributed by atoms with Gasteiger partial charge in [0, 0.05) is 0 Å². The summed E-state index contributed by atoms with van der Waals surface area (Å²) in [5.41, 5.74) is 0. The number of hydrogen-bond acceptors (Lipinski definition) is 3. The third-order valence-electron chi connectivity index (χ3n) is 2.14. The summed E-state index contributed by atoms with van der Waals surface area (Å²) in [7, 11) is 0. The normalized spacial score (nSPS) is 23.8.